The van der Waals surface area contributed by atoms with Gasteiger partial charge in [0.05, 0.1) is 18.8 Å². The Labute approximate surface area is 376 Å². The maximum Gasteiger partial charge on any atom is 0.326 e. The van der Waals surface area contributed by atoms with Crippen LogP contribution in [0.2, 0.25) is 0 Å². The summed E-state index contributed by atoms with van der Waals surface area (Å²) in [6.07, 6.45) is 4.33. The highest BCUT2D eigenvalue weighted by molar-refractivity contribution is 5.97. The summed E-state index contributed by atoms with van der Waals surface area (Å²) in [4.78, 5) is 119. The molecule has 1 aliphatic rings. The summed E-state index contributed by atoms with van der Waals surface area (Å²) in [5, 5.41) is 42.2. The lowest BCUT2D eigenvalue weighted by Crippen LogP contribution is -2.61. The molecule has 6 amide bonds. The number of nitrogens with zero attached hydrogens (tertiary/aromatic N) is 3. The fourth-order valence-corrected chi connectivity index (χ4v) is 7.15. The van der Waals surface area contributed by atoms with Gasteiger partial charge in [0.1, 0.15) is 42.0 Å². The highest BCUT2D eigenvalue weighted by Crippen LogP contribution is 2.20. The first-order chi connectivity index (χ1) is 30.8. The van der Waals surface area contributed by atoms with Crippen molar-refractivity contribution in [2.24, 2.45) is 28.1 Å². The number of carbonyl (C=O) groups excluding carboxylic acids is 6. The van der Waals surface area contributed by atoms with Crippen LogP contribution in [0.15, 0.2) is 41.8 Å². The van der Waals surface area contributed by atoms with E-state index in [0.29, 0.717) is 36.9 Å². The largest absolute Gasteiger partial charge is 0.508 e. The van der Waals surface area contributed by atoms with Crippen LogP contribution >= 0.6 is 0 Å². The number of amides is 6. The lowest BCUT2D eigenvalue weighted by Gasteiger charge is -2.31. The number of rotatable bonds is 27. The molecule has 2 aromatic rings. The molecular weight excluding hydrogens is 849 g/mol. The topological polar surface area (TPSA) is 380 Å². The molecule has 1 saturated heterocycles. The Balaban J connectivity index is 1.92. The summed E-state index contributed by atoms with van der Waals surface area (Å²) in [5.74, 6) is -7.96. The Kier molecular flexibility index (Phi) is 21.1. The van der Waals surface area contributed by atoms with Gasteiger partial charge in [-0.25, -0.2) is 9.78 Å². The number of likely N-dealkylation sites (tertiary alicyclic amines) is 1. The molecule has 8 atom stereocenters. The van der Waals surface area contributed by atoms with Crippen LogP contribution in [-0.4, -0.2) is 139 Å². The predicted octanol–water partition coefficient (Wildman–Crippen LogP) is -1.51. The van der Waals surface area contributed by atoms with Gasteiger partial charge in [-0.15, -0.1) is 0 Å². The Morgan fingerprint density at radius 3 is 2.00 bits per heavy atom. The van der Waals surface area contributed by atoms with Gasteiger partial charge in [-0.1, -0.05) is 52.2 Å². The molecule has 0 bridgehead atoms. The maximum absolute atomic E-state index is 14.4. The van der Waals surface area contributed by atoms with E-state index in [1.54, 1.807) is 13.8 Å². The van der Waals surface area contributed by atoms with E-state index < -0.39 is 102 Å². The number of carbonyl (C=O) groups is 8. The normalized spacial score (nSPS) is 16.6. The number of carboxylic acids is 2. The van der Waals surface area contributed by atoms with Gasteiger partial charge in [-0.2, -0.15) is 0 Å². The van der Waals surface area contributed by atoms with Crippen LogP contribution in [0.1, 0.15) is 89.8 Å². The van der Waals surface area contributed by atoms with Crippen LogP contribution in [0, 0.1) is 5.92 Å². The fraction of sp³-hybridized carbons (Fsp3) is 0.571. The van der Waals surface area contributed by atoms with Crippen molar-refractivity contribution >= 4 is 53.3 Å². The zero-order valence-electron chi connectivity index (χ0n) is 37.0. The van der Waals surface area contributed by atoms with Crippen LogP contribution < -0.4 is 43.8 Å². The van der Waals surface area contributed by atoms with E-state index >= 15 is 0 Å². The van der Waals surface area contributed by atoms with Crippen molar-refractivity contribution in [1.29, 1.82) is 0 Å². The molecule has 65 heavy (non-hydrogen) atoms. The van der Waals surface area contributed by atoms with Gasteiger partial charge in [0.25, 0.3) is 0 Å². The Morgan fingerprint density at radius 2 is 1.43 bits per heavy atom. The molecule has 0 spiro atoms. The van der Waals surface area contributed by atoms with Crippen molar-refractivity contribution in [3.63, 3.8) is 0 Å². The first-order valence-corrected chi connectivity index (χ1v) is 21.7. The average molecular weight is 913 g/mol. The quantitative estimate of drug-likeness (QED) is 0.0276. The van der Waals surface area contributed by atoms with E-state index in [-0.39, 0.29) is 63.3 Å². The van der Waals surface area contributed by atoms with Crippen molar-refractivity contribution in [3.05, 3.63) is 48.0 Å². The Bertz CT molecular complexity index is 1960. The van der Waals surface area contributed by atoms with E-state index in [1.807, 2.05) is 6.92 Å². The lowest BCUT2D eigenvalue weighted by molar-refractivity contribution is -0.149. The van der Waals surface area contributed by atoms with Gasteiger partial charge in [0.2, 0.25) is 35.4 Å². The molecule has 1 aromatic carbocycles. The average Bonchev–Trinajstić information content (AvgIpc) is 3.98. The number of aliphatic carboxylic acids is 2. The van der Waals surface area contributed by atoms with Crippen LogP contribution in [0.3, 0.4) is 0 Å². The van der Waals surface area contributed by atoms with Crippen LogP contribution in [0.25, 0.3) is 0 Å². The number of phenolic OH excluding ortho intramolecular Hbond substituents is 1. The minimum Gasteiger partial charge on any atom is -0.508 e. The lowest BCUT2D eigenvalue weighted by atomic mass is 9.96. The summed E-state index contributed by atoms with van der Waals surface area (Å²) in [5.41, 5.74) is 17.6. The summed E-state index contributed by atoms with van der Waals surface area (Å²) < 4.78 is 0. The predicted molar refractivity (Wildman–Crippen MR) is 235 cm³/mol. The molecule has 23 nitrogen and oxygen atoms in total. The molecule has 15 N–H and O–H groups in total. The van der Waals surface area contributed by atoms with Gasteiger partial charge < -0.3 is 69.0 Å². The second-order valence-electron chi connectivity index (χ2n) is 16.1. The molecule has 8 unspecified atom stereocenters. The molecule has 2 heterocycles. The monoisotopic (exact) mass is 912 g/mol. The summed E-state index contributed by atoms with van der Waals surface area (Å²) in [6, 6.07) is -3.15. The van der Waals surface area contributed by atoms with Gasteiger partial charge in [0, 0.05) is 37.8 Å². The SMILES string of the molecule is CCCCC(NC(=O)C(CCCN=C(N)N)NC(=O)C(N)CC(=O)O)C(=O)NC(Cc1ccc(O)cc1)C(=O)NC(C(=O)NC(Cc1cnc[nH]1)C(=O)N1CCCC1C(=O)O)C(C)CC. The number of hydrogen-bond donors (Lipinski definition) is 12. The first-order valence-electron chi connectivity index (χ1n) is 21.7. The van der Waals surface area contributed by atoms with E-state index in [4.69, 9.17) is 22.3 Å². The number of imidazole rings is 1. The van der Waals surface area contributed by atoms with Gasteiger partial charge in [0.15, 0.2) is 5.96 Å². The van der Waals surface area contributed by atoms with Crippen LogP contribution in [-0.2, 0) is 51.2 Å². The van der Waals surface area contributed by atoms with Gasteiger partial charge in [-0.3, -0.25) is 38.6 Å². The molecule has 1 fully saturated rings. The van der Waals surface area contributed by atoms with Crippen molar-refractivity contribution in [2.45, 2.75) is 134 Å². The molecular formula is C42H64N12O11. The third kappa shape index (κ3) is 17.0. The minimum atomic E-state index is -1.49. The maximum atomic E-state index is 14.4. The molecule has 1 aliphatic heterocycles. The summed E-state index contributed by atoms with van der Waals surface area (Å²) in [6.45, 7) is 5.61. The third-order valence-corrected chi connectivity index (χ3v) is 11.0. The molecule has 0 aliphatic carbocycles. The third-order valence-electron chi connectivity index (χ3n) is 11.0. The van der Waals surface area contributed by atoms with E-state index in [2.05, 4.69) is 41.5 Å². The van der Waals surface area contributed by atoms with Crippen LogP contribution in [0.4, 0.5) is 0 Å². The highest BCUT2D eigenvalue weighted by Gasteiger charge is 2.40. The number of benzene rings is 1. The number of carboxylic acid groups (broad SMARTS) is 2. The smallest absolute Gasteiger partial charge is 0.326 e. The number of aromatic nitrogens is 2. The van der Waals surface area contributed by atoms with Crippen molar-refractivity contribution in [3.8, 4) is 5.75 Å². The number of unbranched alkanes of at least 4 members (excludes halogenated alkanes) is 1. The molecule has 1 aromatic heterocycles. The number of aromatic hydroxyl groups is 1. The van der Waals surface area contributed by atoms with Gasteiger partial charge in [-0.05, 0) is 55.7 Å². The van der Waals surface area contributed by atoms with Crippen molar-refractivity contribution in [1.82, 2.24) is 41.5 Å². The number of guanidine groups is 1. The minimum absolute atomic E-state index is 0.0340. The molecule has 0 radical (unpaired) electrons. The molecule has 3 rings (SSSR count). The number of H-pyrrole nitrogens is 1. The molecule has 23 heteroatoms. The van der Waals surface area contributed by atoms with E-state index in [0.717, 1.165) is 0 Å². The number of aliphatic imine (C=N–C) groups is 1. The number of hydrogen-bond acceptors (Lipinski definition) is 12. The molecule has 358 valence electrons. The summed E-state index contributed by atoms with van der Waals surface area (Å²) in [7, 11) is 0. The second-order valence-corrected chi connectivity index (χ2v) is 16.1. The molecule has 0 saturated carbocycles. The standard InChI is InChI=1S/C42H64N12O11/c1-4-6-9-28(50-36(59)29(10-7-16-47-42(44)45)49-35(58)27(43)20-33(56)57)37(60)51-30(18-24-12-14-26(55)15-13-24)38(61)53-34(23(3)5-2)39(62)52-31(19-25-21-46-22-48-25)40(63)54-17-8-11-32(54)41(64)65/h12-15,21-23,27-32,34,55H,4-11,16-20,43H2,1-3H3,(H,46,48)(H,49,58)(H,50,59)(H,51,60)(H,52,62)(H,53,61)(H,56,57)(H,64,65)(H4,44,45,47). The van der Waals surface area contributed by atoms with Gasteiger partial charge >= 0.3 is 11.9 Å². The number of phenols is 1. The fourth-order valence-electron chi connectivity index (χ4n) is 7.15. The van der Waals surface area contributed by atoms with E-state index in [9.17, 15) is 48.6 Å². The highest BCUT2D eigenvalue weighted by atomic mass is 16.4. The summed E-state index contributed by atoms with van der Waals surface area (Å²) >= 11 is 0. The van der Waals surface area contributed by atoms with Crippen molar-refractivity contribution in [2.75, 3.05) is 13.1 Å². The first kappa shape index (κ1) is 52.6. The second kappa shape index (κ2) is 26.1. The number of nitrogens with two attached hydrogens (primary N) is 3. The number of nitrogens with one attached hydrogen (secondary N) is 6. The van der Waals surface area contributed by atoms with Crippen molar-refractivity contribution < 1.29 is 53.7 Å². The Morgan fingerprint density at radius 1 is 0.831 bits per heavy atom. The Hall–Kier alpha value is -6.78. The van der Waals surface area contributed by atoms with E-state index in [1.165, 1.54) is 41.7 Å². The number of aromatic amines is 1. The zero-order valence-corrected chi connectivity index (χ0v) is 37.0. The zero-order chi connectivity index (χ0) is 48.2. The van der Waals surface area contributed by atoms with Crippen LogP contribution in [0.5, 0.6) is 5.75 Å².